The van der Waals surface area contributed by atoms with Crippen molar-refractivity contribution in [3.63, 3.8) is 0 Å². The van der Waals surface area contributed by atoms with Gasteiger partial charge in [0, 0.05) is 36.4 Å². The molecule has 22 heteroatoms. The van der Waals surface area contributed by atoms with Gasteiger partial charge in [-0.15, -0.1) is 0 Å². The number of ether oxygens (including phenoxy) is 2. The molecule has 4 heterocycles. The third kappa shape index (κ3) is 7.93. The number of H-pyrrole nitrogens is 2. The minimum Gasteiger partial charge on any atom is -0.394 e. The first-order chi connectivity index (χ1) is 20.1. The normalized spacial score (nSPS) is 28.5. The van der Waals surface area contributed by atoms with Crippen molar-refractivity contribution in [2.75, 3.05) is 20.0 Å². The highest BCUT2D eigenvalue weighted by Gasteiger charge is 2.44. The van der Waals surface area contributed by atoms with Gasteiger partial charge in [0.05, 0.1) is 13.2 Å². The van der Waals surface area contributed by atoms with E-state index < -0.39 is 95.0 Å². The molecule has 2 saturated heterocycles. The Balaban J connectivity index is 1.33. The lowest BCUT2D eigenvalue weighted by Crippen LogP contribution is -2.33. The fraction of sp³-hybridized carbons (Fsp3) is 0.619. The maximum absolute atomic E-state index is 12.5. The molecule has 8 atom stereocenters. The third-order valence-electron chi connectivity index (χ3n) is 6.60. The van der Waals surface area contributed by atoms with Crippen LogP contribution in [0.3, 0.4) is 0 Å². The second-order valence-corrected chi connectivity index (χ2v) is 12.5. The predicted octanol–water partition coefficient (Wildman–Crippen LogP) is -1.77. The first-order valence-electron chi connectivity index (χ1n) is 12.6. The number of nitrogens with zero attached hydrogens (tertiary/aromatic N) is 2. The van der Waals surface area contributed by atoms with Gasteiger partial charge in [-0.05, 0) is 13.8 Å². The molecule has 20 nitrogen and oxygen atoms in total. The zero-order chi connectivity index (χ0) is 31.7. The van der Waals surface area contributed by atoms with Crippen molar-refractivity contribution < 1.29 is 56.7 Å². The van der Waals surface area contributed by atoms with Gasteiger partial charge in [-0.2, -0.15) is 0 Å². The zero-order valence-corrected chi connectivity index (χ0v) is 24.4. The minimum absolute atomic E-state index is 0.183. The number of phosphoric acid groups is 2. The van der Waals surface area contributed by atoms with Gasteiger partial charge >= 0.3 is 27.0 Å². The van der Waals surface area contributed by atoms with Gasteiger partial charge in [0.15, 0.2) is 6.79 Å². The zero-order valence-electron chi connectivity index (χ0n) is 22.6. The number of aryl methyl sites for hydroxylation is 2. The molecule has 2 aromatic rings. The smallest absolute Gasteiger partial charge is 0.394 e. The summed E-state index contributed by atoms with van der Waals surface area (Å²) in [7, 11) is -10.0. The summed E-state index contributed by atoms with van der Waals surface area (Å²) in [6.45, 7) is 0.222. The molecule has 4 rings (SSSR count). The van der Waals surface area contributed by atoms with Crippen molar-refractivity contribution in [3.8, 4) is 0 Å². The Labute approximate surface area is 240 Å². The van der Waals surface area contributed by atoms with Crippen LogP contribution in [0.15, 0.2) is 31.6 Å². The van der Waals surface area contributed by atoms with Gasteiger partial charge in [-0.25, -0.2) is 18.7 Å². The number of rotatable bonds is 12. The van der Waals surface area contributed by atoms with E-state index in [0.717, 1.165) is 9.13 Å². The van der Waals surface area contributed by atoms with Gasteiger partial charge < -0.3 is 29.5 Å². The molecule has 0 bridgehead atoms. The van der Waals surface area contributed by atoms with E-state index >= 15 is 0 Å². The molecule has 3 unspecified atom stereocenters. The highest BCUT2D eigenvalue weighted by Crippen LogP contribution is 2.52. The van der Waals surface area contributed by atoms with Gasteiger partial charge in [0.25, 0.3) is 11.1 Å². The molecular weight excluding hydrogens is 626 g/mol. The number of phosphoric ester groups is 2. The fourth-order valence-corrected chi connectivity index (χ4v) is 6.16. The molecule has 0 radical (unpaired) electrons. The summed E-state index contributed by atoms with van der Waals surface area (Å²) < 4.78 is 57.4. The van der Waals surface area contributed by atoms with Crippen LogP contribution in [0.5, 0.6) is 0 Å². The van der Waals surface area contributed by atoms with Crippen LogP contribution in [0, 0.1) is 13.8 Å². The summed E-state index contributed by atoms with van der Waals surface area (Å²) in [5.41, 5.74) is -2.51. The number of hydrogen-bond donors (Lipinski definition) is 6. The quantitative estimate of drug-likeness (QED) is 0.109. The van der Waals surface area contributed by atoms with E-state index in [1.54, 1.807) is 0 Å². The predicted molar refractivity (Wildman–Crippen MR) is 140 cm³/mol. The molecule has 0 aliphatic carbocycles. The lowest BCUT2D eigenvalue weighted by atomic mass is 10.2. The Morgan fingerprint density at radius 2 is 1.16 bits per heavy atom. The monoisotopic (exact) mass is 656 g/mol. The molecule has 43 heavy (non-hydrogen) atoms. The minimum atomic E-state index is -5.02. The SMILES string of the molecule is Cc1cn([C@@H]2CC(OP(=O)(O)OCOP(=O)(O)O[C@@H]3C[C@H](n4cc(C)c(=O)[nH]c4=O)O[C@@H]3CO)[C@H](CO)O2)c(=O)[nH]c1=O. The van der Waals surface area contributed by atoms with Gasteiger partial charge in [-0.1, -0.05) is 0 Å². The summed E-state index contributed by atoms with van der Waals surface area (Å²) in [6, 6.07) is 0. The molecule has 0 amide bonds. The van der Waals surface area contributed by atoms with E-state index in [-0.39, 0.29) is 24.0 Å². The Hall–Kier alpha value is -2.58. The second kappa shape index (κ2) is 13.2. The van der Waals surface area contributed by atoms with E-state index in [1.807, 2.05) is 0 Å². The standard InChI is InChI=1S/C21H30N4O16P2/c1-10-5-24(20(30)22-18(10)28)16-3-12(14(7-26)38-16)40-42(32,33)36-9-37-43(34,35)41-13-4-17(39-15(13)8-27)25-6-11(2)19(29)23-21(25)31/h5-6,12-17,26-27H,3-4,7-9H2,1-2H3,(H,32,33)(H,34,35)(H,22,28,30)(H,23,29,31)/t12-,13?,14-,15+,16-,17+/m1/s1. The van der Waals surface area contributed by atoms with Gasteiger partial charge in [-0.3, -0.25) is 46.8 Å². The van der Waals surface area contributed by atoms with Crippen LogP contribution in [-0.4, -0.2) is 83.5 Å². The van der Waals surface area contributed by atoms with Crippen LogP contribution in [0.4, 0.5) is 0 Å². The lowest BCUT2D eigenvalue weighted by Gasteiger charge is -2.21. The van der Waals surface area contributed by atoms with Crippen molar-refractivity contribution >= 4 is 15.6 Å². The average Bonchev–Trinajstić information content (AvgIpc) is 3.50. The lowest BCUT2D eigenvalue weighted by molar-refractivity contribution is -0.0532. The van der Waals surface area contributed by atoms with E-state index in [4.69, 9.17) is 18.5 Å². The van der Waals surface area contributed by atoms with E-state index in [9.17, 15) is 48.3 Å². The summed E-state index contributed by atoms with van der Waals surface area (Å²) in [5, 5.41) is 19.2. The first-order valence-corrected chi connectivity index (χ1v) is 15.6. The molecule has 2 aliphatic rings. The molecular formula is C21H30N4O16P2. The van der Waals surface area contributed by atoms with Crippen LogP contribution >= 0.6 is 15.6 Å². The number of aromatic nitrogens is 4. The Kier molecular flexibility index (Phi) is 10.2. The van der Waals surface area contributed by atoms with Gasteiger partial charge in [0.2, 0.25) is 0 Å². The number of hydrogen-bond acceptors (Lipinski definition) is 14. The van der Waals surface area contributed by atoms with Crippen molar-refractivity contribution in [1.82, 2.24) is 19.1 Å². The second-order valence-electron chi connectivity index (χ2n) is 9.65. The number of aliphatic hydroxyl groups is 2. The number of aromatic amines is 2. The summed E-state index contributed by atoms with van der Waals surface area (Å²) in [6.07, 6.45) is -5.16. The van der Waals surface area contributed by atoms with Crippen molar-refractivity contribution in [2.45, 2.75) is 63.6 Å². The molecule has 2 aliphatic heterocycles. The van der Waals surface area contributed by atoms with Crippen LogP contribution in [0.2, 0.25) is 0 Å². The number of nitrogens with one attached hydrogen (secondary N) is 2. The summed E-state index contributed by atoms with van der Waals surface area (Å²) in [4.78, 5) is 72.0. The summed E-state index contributed by atoms with van der Waals surface area (Å²) in [5.74, 6) is 0. The Bertz CT molecular complexity index is 1530. The molecule has 0 spiro atoms. The topological polar surface area (TPSA) is 280 Å². The maximum atomic E-state index is 12.5. The van der Waals surface area contributed by atoms with Crippen molar-refractivity contribution in [2.24, 2.45) is 0 Å². The third-order valence-corrected chi connectivity index (χ3v) is 8.54. The van der Waals surface area contributed by atoms with Crippen LogP contribution < -0.4 is 22.5 Å². The van der Waals surface area contributed by atoms with Crippen LogP contribution in [0.25, 0.3) is 0 Å². The highest BCUT2D eigenvalue weighted by molar-refractivity contribution is 7.48. The molecule has 0 aromatic carbocycles. The molecule has 240 valence electrons. The van der Waals surface area contributed by atoms with Crippen molar-refractivity contribution in [3.05, 3.63) is 65.2 Å². The fourth-order valence-electron chi connectivity index (χ4n) is 4.45. The molecule has 0 saturated carbocycles. The van der Waals surface area contributed by atoms with Crippen LogP contribution in [-0.2, 0) is 36.7 Å². The summed E-state index contributed by atoms with van der Waals surface area (Å²) >= 11 is 0. The van der Waals surface area contributed by atoms with Crippen LogP contribution in [0.1, 0.15) is 36.4 Å². The Morgan fingerprint density at radius 3 is 1.51 bits per heavy atom. The highest BCUT2D eigenvalue weighted by atomic mass is 31.2. The van der Waals surface area contributed by atoms with E-state index in [0.29, 0.717) is 0 Å². The molecule has 2 fully saturated rings. The van der Waals surface area contributed by atoms with Gasteiger partial charge in [0.1, 0.15) is 36.9 Å². The molecule has 2 aromatic heterocycles. The largest absolute Gasteiger partial charge is 0.474 e. The Morgan fingerprint density at radius 1 is 0.791 bits per heavy atom. The number of aliphatic hydroxyl groups excluding tert-OH is 2. The maximum Gasteiger partial charge on any atom is 0.474 e. The average molecular weight is 656 g/mol. The van der Waals surface area contributed by atoms with E-state index in [2.05, 4.69) is 19.0 Å². The van der Waals surface area contributed by atoms with Crippen molar-refractivity contribution in [1.29, 1.82) is 0 Å². The molecule has 6 N–H and O–H groups in total. The van der Waals surface area contributed by atoms with E-state index in [1.165, 1.54) is 26.2 Å². The first kappa shape index (κ1) is 33.3.